The van der Waals surface area contributed by atoms with Crippen molar-refractivity contribution in [2.75, 3.05) is 0 Å². The molecular weight excluding hydrogens is 412 g/mol. The van der Waals surface area contributed by atoms with Crippen molar-refractivity contribution < 1.29 is 14.6 Å². The van der Waals surface area contributed by atoms with E-state index in [9.17, 15) is 25.0 Å². The van der Waals surface area contributed by atoms with Crippen LogP contribution in [-0.4, -0.2) is 22.0 Å². The van der Waals surface area contributed by atoms with Gasteiger partial charge in [0.15, 0.2) is 0 Å². The quantitative estimate of drug-likeness (QED) is 0.392. The number of nitro groups is 2. The molecular formula is C23H28N4O5. The zero-order chi connectivity index (χ0) is 24.3. The Morgan fingerprint density at radius 3 is 1.97 bits per heavy atom. The Kier molecular flexibility index (Phi) is 7.13. The van der Waals surface area contributed by atoms with Crippen LogP contribution in [0, 0.1) is 20.2 Å². The van der Waals surface area contributed by atoms with Crippen molar-refractivity contribution >= 4 is 23.5 Å². The average Bonchev–Trinajstić information content (AvgIpc) is 2.66. The monoisotopic (exact) mass is 440 g/mol. The van der Waals surface area contributed by atoms with Gasteiger partial charge in [-0.3, -0.25) is 25.0 Å². The molecule has 32 heavy (non-hydrogen) atoms. The van der Waals surface area contributed by atoms with E-state index in [0.717, 1.165) is 28.8 Å². The summed E-state index contributed by atoms with van der Waals surface area (Å²) in [7, 11) is 0. The standard InChI is InChI=1S/C23H28N4O5/c1-22(2,3)17-9-15(10-18(12-17)23(4,5)6)14-24-25-21(28)11-16-7-8-19(26(29)30)13-20(16)27(31)32/h7-10,12-14H,11H2,1-6H3,(H,25,28)/b24-14+. The van der Waals surface area contributed by atoms with E-state index >= 15 is 0 Å². The minimum Gasteiger partial charge on any atom is -0.273 e. The Hall–Kier alpha value is -3.62. The summed E-state index contributed by atoms with van der Waals surface area (Å²) in [4.78, 5) is 32.9. The molecule has 0 aliphatic rings. The highest BCUT2D eigenvalue weighted by atomic mass is 16.6. The van der Waals surface area contributed by atoms with Crippen molar-refractivity contribution in [1.82, 2.24) is 5.43 Å². The van der Waals surface area contributed by atoms with Crippen molar-refractivity contribution in [3.8, 4) is 0 Å². The van der Waals surface area contributed by atoms with E-state index in [2.05, 4.69) is 58.1 Å². The third-order valence-electron chi connectivity index (χ3n) is 4.92. The largest absolute Gasteiger partial charge is 0.279 e. The second-order valence-electron chi connectivity index (χ2n) is 9.64. The van der Waals surface area contributed by atoms with Crippen molar-refractivity contribution in [1.29, 1.82) is 0 Å². The first-order valence-electron chi connectivity index (χ1n) is 10.1. The normalized spacial score (nSPS) is 12.1. The summed E-state index contributed by atoms with van der Waals surface area (Å²) in [5.41, 5.74) is 4.52. The van der Waals surface area contributed by atoms with Gasteiger partial charge in [0.05, 0.1) is 28.5 Å². The Bertz CT molecular complexity index is 1050. The van der Waals surface area contributed by atoms with Crippen LogP contribution in [0.15, 0.2) is 41.5 Å². The zero-order valence-electron chi connectivity index (χ0n) is 19.1. The second-order valence-corrected chi connectivity index (χ2v) is 9.64. The number of nitrogens with one attached hydrogen (secondary N) is 1. The smallest absolute Gasteiger partial charge is 0.273 e. The maximum atomic E-state index is 12.3. The summed E-state index contributed by atoms with van der Waals surface area (Å²) < 4.78 is 0. The molecule has 2 rings (SSSR count). The van der Waals surface area contributed by atoms with Crippen LogP contribution in [-0.2, 0) is 22.0 Å². The molecule has 1 N–H and O–H groups in total. The molecule has 0 spiro atoms. The van der Waals surface area contributed by atoms with Crippen LogP contribution in [0.2, 0.25) is 0 Å². The molecule has 0 aliphatic heterocycles. The van der Waals surface area contributed by atoms with E-state index in [-0.39, 0.29) is 22.8 Å². The van der Waals surface area contributed by atoms with Crippen LogP contribution in [0.25, 0.3) is 0 Å². The zero-order valence-corrected chi connectivity index (χ0v) is 19.1. The average molecular weight is 441 g/mol. The van der Waals surface area contributed by atoms with Gasteiger partial charge in [0.2, 0.25) is 5.91 Å². The summed E-state index contributed by atoms with van der Waals surface area (Å²) in [5.74, 6) is -0.568. The molecule has 170 valence electrons. The van der Waals surface area contributed by atoms with Crippen LogP contribution in [0.3, 0.4) is 0 Å². The van der Waals surface area contributed by atoms with Gasteiger partial charge in [-0.2, -0.15) is 5.10 Å². The predicted octanol–water partition coefficient (Wildman–Crippen LogP) is 4.79. The molecule has 0 atom stereocenters. The van der Waals surface area contributed by atoms with E-state index in [0.29, 0.717) is 0 Å². The minimum atomic E-state index is -0.745. The molecule has 0 saturated heterocycles. The van der Waals surface area contributed by atoms with Crippen LogP contribution in [0.1, 0.15) is 63.8 Å². The number of hydrazone groups is 1. The number of nitro benzene ring substituents is 2. The lowest BCUT2D eigenvalue weighted by molar-refractivity contribution is -0.394. The van der Waals surface area contributed by atoms with Crippen molar-refractivity contribution in [3.05, 3.63) is 78.9 Å². The summed E-state index contributed by atoms with van der Waals surface area (Å²) in [6, 6.07) is 9.37. The molecule has 9 nitrogen and oxygen atoms in total. The fourth-order valence-corrected chi connectivity index (χ4v) is 2.97. The fraction of sp³-hybridized carbons (Fsp3) is 0.391. The van der Waals surface area contributed by atoms with Gasteiger partial charge in [0, 0.05) is 11.6 Å². The second kappa shape index (κ2) is 9.25. The molecule has 0 heterocycles. The van der Waals surface area contributed by atoms with Gasteiger partial charge in [-0.25, -0.2) is 5.43 Å². The maximum Gasteiger partial charge on any atom is 0.279 e. The van der Waals surface area contributed by atoms with Crippen LogP contribution >= 0.6 is 0 Å². The number of amides is 1. The first-order valence-corrected chi connectivity index (χ1v) is 10.1. The summed E-state index contributed by atoms with van der Waals surface area (Å²) in [5, 5.41) is 26.1. The molecule has 0 unspecified atom stereocenters. The van der Waals surface area contributed by atoms with Gasteiger partial charge < -0.3 is 0 Å². The Labute approximate surface area is 186 Å². The van der Waals surface area contributed by atoms with Gasteiger partial charge in [0.1, 0.15) is 0 Å². The number of carbonyl (C=O) groups is 1. The lowest BCUT2D eigenvalue weighted by atomic mass is 9.80. The minimum absolute atomic E-state index is 0.0675. The Morgan fingerprint density at radius 2 is 1.50 bits per heavy atom. The van der Waals surface area contributed by atoms with E-state index in [1.165, 1.54) is 12.3 Å². The van der Waals surface area contributed by atoms with Gasteiger partial charge in [-0.15, -0.1) is 0 Å². The topological polar surface area (TPSA) is 128 Å². The molecule has 0 aromatic heterocycles. The van der Waals surface area contributed by atoms with E-state index < -0.39 is 27.1 Å². The Morgan fingerprint density at radius 1 is 0.938 bits per heavy atom. The highest BCUT2D eigenvalue weighted by Crippen LogP contribution is 2.30. The highest BCUT2D eigenvalue weighted by Gasteiger charge is 2.22. The fourth-order valence-electron chi connectivity index (χ4n) is 2.97. The SMILES string of the molecule is CC(C)(C)c1cc(/C=N/NC(=O)Cc2ccc([N+](=O)[O-])cc2[N+](=O)[O-])cc(C(C)(C)C)c1. The number of carbonyl (C=O) groups excluding carboxylic acids is 1. The molecule has 0 bridgehead atoms. The number of nitrogens with zero attached hydrogens (tertiary/aromatic N) is 3. The van der Waals surface area contributed by atoms with Crippen LogP contribution in [0.5, 0.6) is 0 Å². The van der Waals surface area contributed by atoms with E-state index in [4.69, 9.17) is 0 Å². The van der Waals surface area contributed by atoms with Crippen molar-refractivity contribution in [2.45, 2.75) is 58.8 Å². The highest BCUT2D eigenvalue weighted by molar-refractivity contribution is 5.84. The molecule has 2 aromatic carbocycles. The number of benzene rings is 2. The van der Waals surface area contributed by atoms with Crippen molar-refractivity contribution in [2.24, 2.45) is 5.10 Å². The number of hydrogen-bond donors (Lipinski definition) is 1. The summed E-state index contributed by atoms with van der Waals surface area (Å²) in [6.45, 7) is 12.7. The third-order valence-corrected chi connectivity index (χ3v) is 4.92. The van der Waals surface area contributed by atoms with Gasteiger partial charge in [-0.05, 0) is 45.7 Å². The van der Waals surface area contributed by atoms with Crippen LogP contribution in [0.4, 0.5) is 11.4 Å². The first-order chi connectivity index (χ1) is 14.7. The summed E-state index contributed by atoms with van der Waals surface area (Å²) >= 11 is 0. The molecule has 1 amide bonds. The molecule has 0 aliphatic carbocycles. The lowest BCUT2D eigenvalue weighted by Crippen LogP contribution is -2.20. The van der Waals surface area contributed by atoms with Gasteiger partial charge in [-0.1, -0.05) is 47.6 Å². The van der Waals surface area contributed by atoms with Crippen LogP contribution < -0.4 is 5.43 Å². The maximum absolute atomic E-state index is 12.3. The Balaban J connectivity index is 2.21. The lowest BCUT2D eigenvalue weighted by Gasteiger charge is -2.25. The third kappa shape index (κ3) is 6.44. The molecule has 2 aromatic rings. The molecule has 0 fully saturated rings. The molecule has 0 radical (unpaired) electrons. The number of hydrogen-bond acceptors (Lipinski definition) is 6. The predicted molar refractivity (Wildman–Crippen MR) is 123 cm³/mol. The van der Waals surface area contributed by atoms with Gasteiger partial charge >= 0.3 is 0 Å². The van der Waals surface area contributed by atoms with Crippen molar-refractivity contribution in [3.63, 3.8) is 0 Å². The van der Waals surface area contributed by atoms with E-state index in [1.807, 2.05) is 12.1 Å². The van der Waals surface area contributed by atoms with E-state index in [1.54, 1.807) is 0 Å². The molecule has 0 saturated carbocycles. The van der Waals surface area contributed by atoms with Gasteiger partial charge in [0.25, 0.3) is 11.4 Å². The first kappa shape index (κ1) is 24.6. The number of rotatable bonds is 6. The number of non-ortho nitro benzene ring substituents is 1. The summed E-state index contributed by atoms with van der Waals surface area (Å²) in [6.07, 6.45) is 1.20. The molecule has 9 heteroatoms.